The van der Waals surface area contributed by atoms with Crippen molar-refractivity contribution in [1.29, 1.82) is 0 Å². The van der Waals surface area contributed by atoms with Gasteiger partial charge in [-0.05, 0) is 60.9 Å². The van der Waals surface area contributed by atoms with Crippen LogP contribution < -0.4 is 15.5 Å². The van der Waals surface area contributed by atoms with Crippen LogP contribution in [0.3, 0.4) is 0 Å². The predicted molar refractivity (Wildman–Crippen MR) is 115 cm³/mol. The maximum Gasteiger partial charge on any atom is 0.228 e. The lowest BCUT2D eigenvalue weighted by Crippen LogP contribution is -2.14. The highest BCUT2D eigenvalue weighted by atomic mass is 16.5. The Morgan fingerprint density at radius 1 is 1.00 bits per heavy atom. The summed E-state index contributed by atoms with van der Waals surface area (Å²) in [6, 6.07) is 16.3. The van der Waals surface area contributed by atoms with Gasteiger partial charge in [0.05, 0.1) is 24.3 Å². The number of amides is 1. The van der Waals surface area contributed by atoms with Crippen LogP contribution in [0, 0.1) is 13.8 Å². The lowest BCUT2D eigenvalue weighted by atomic mass is 10.1. The van der Waals surface area contributed by atoms with E-state index in [1.807, 2.05) is 50.2 Å². The van der Waals surface area contributed by atoms with E-state index in [1.54, 1.807) is 25.3 Å². The van der Waals surface area contributed by atoms with Gasteiger partial charge in [-0.2, -0.15) is 0 Å². The summed E-state index contributed by atoms with van der Waals surface area (Å²) in [5.74, 6) is 0.598. The number of hydrogen-bond acceptors (Lipinski definition) is 4. The number of hydrogen-bond donors (Lipinski definition) is 1. The van der Waals surface area contributed by atoms with Gasteiger partial charge in [0, 0.05) is 11.8 Å². The average molecular weight is 387 g/mol. The summed E-state index contributed by atoms with van der Waals surface area (Å²) < 4.78 is 11.1. The lowest BCUT2D eigenvalue weighted by molar-refractivity contribution is -0.115. The number of methoxy groups -OCH3 is 1. The molecule has 29 heavy (non-hydrogen) atoms. The van der Waals surface area contributed by atoms with Crippen LogP contribution in [0.4, 0.5) is 5.69 Å². The fourth-order valence-corrected chi connectivity index (χ4v) is 3.52. The van der Waals surface area contributed by atoms with E-state index in [0.29, 0.717) is 27.6 Å². The number of ether oxygens (including phenoxy) is 1. The van der Waals surface area contributed by atoms with Crippen LogP contribution in [0.15, 0.2) is 63.8 Å². The topological polar surface area (TPSA) is 68.5 Å². The van der Waals surface area contributed by atoms with Crippen molar-refractivity contribution in [3.63, 3.8) is 0 Å². The molecule has 1 amide bonds. The van der Waals surface area contributed by atoms with Gasteiger partial charge in [-0.15, -0.1) is 0 Å². The van der Waals surface area contributed by atoms with Crippen molar-refractivity contribution in [1.82, 2.24) is 0 Å². The second-order valence-corrected chi connectivity index (χ2v) is 7.17. The Kier molecular flexibility index (Phi) is 4.80. The normalized spacial score (nSPS) is 11.0. The van der Waals surface area contributed by atoms with Gasteiger partial charge < -0.3 is 14.5 Å². The third-order valence-corrected chi connectivity index (χ3v) is 4.91. The monoisotopic (exact) mass is 387 g/mol. The molecule has 4 aromatic rings. The number of anilines is 1. The Morgan fingerprint density at radius 3 is 2.48 bits per heavy atom. The summed E-state index contributed by atoms with van der Waals surface area (Å²) in [6.45, 7) is 3.88. The molecule has 1 aromatic heterocycles. The van der Waals surface area contributed by atoms with Crippen molar-refractivity contribution < 1.29 is 13.9 Å². The lowest BCUT2D eigenvalue weighted by Gasteiger charge is -2.09. The smallest absolute Gasteiger partial charge is 0.228 e. The van der Waals surface area contributed by atoms with Gasteiger partial charge >= 0.3 is 0 Å². The summed E-state index contributed by atoms with van der Waals surface area (Å²) in [5, 5.41) is 3.94. The highest BCUT2D eigenvalue weighted by molar-refractivity contribution is 5.96. The van der Waals surface area contributed by atoms with E-state index in [9.17, 15) is 9.59 Å². The molecule has 0 aliphatic rings. The minimum Gasteiger partial charge on any atom is -0.497 e. The summed E-state index contributed by atoms with van der Waals surface area (Å²) in [7, 11) is 1.60. The third-order valence-electron chi connectivity index (χ3n) is 4.91. The van der Waals surface area contributed by atoms with Crippen LogP contribution in [0.25, 0.3) is 21.9 Å². The molecule has 0 bridgehead atoms. The zero-order valence-corrected chi connectivity index (χ0v) is 16.5. The Bertz CT molecular complexity index is 1290. The summed E-state index contributed by atoms with van der Waals surface area (Å²) in [6.07, 6.45) is 0.238. The van der Waals surface area contributed by atoms with Gasteiger partial charge in [-0.1, -0.05) is 18.2 Å². The van der Waals surface area contributed by atoms with E-state index in [0.717, 1.165) is 22.4 Å². The van der Waals surface area contributed by atoms with Gasteiger partial charge in [0.1, 0.15) is 16.9 Å². The molecular formula is C24H21NO4. The van der Waals surface area contributed by atoms with Crippen LogP contribution in [0.5, 0.6) is 5.75 Å². The number of rotatable bonds is 4. The molecule has 0 aliphatic heterocycles. The van der Waals surface area contributed by atoms with Crippen molar-refractivity contribution in [2.75, 3.05) is 12.4 Å². The molecule has 0 unspecified atom stereocenters. The molecule has 3 aromatic carbocycles. The van der Waals surface area contributed by atoms with Crippen molar-refractivity contribution in [3.05, 3.63) is 81.5 Å². The first kappa shape index (κ1) is 18.7. The first-order chi connectivity index (χ1) is 13.9. The van der Waals surface area contributed by atoms with Crippen LogP contribution in [0.2, 0.25) is 0 Å². The van der Waals surface area contributed by atoms with E-state index in [2.05, 4.69) is 5.32 Å². The molecule has 0 aliphatic carbocycles. The minimum atomic E-state index is -0.149. The van der Waals surface area contributed by atoms with Crippen LogP contribution >= 0.6 is 0 Å². The molecule has 0 atom stereocenters. The van der Waals surface area contributed by atoms with Crippen molar-refractivity contribution in [2.24, 2.45) is 0 Å². The van der Waals surface area contributed by atoms with Gasteiger partial charge in [0.2, 0.25) is 11.3 Å². The maximum absolute atomic E-state index is 12.9. The highest BCUT2D eigenvalue weighted by Crippen LogP contribution is 2.25. The minimum absolute atomic E-state index is 0.0656. The third kappa shape index (κ3) is 3.72. The van der Waals surface area contributed by atoms with E-state index < -0.39 is 0 Å². The second kappa shape index (κ2) is 7.43. The summed E-state index contributed by atoms with van der Waals surface area (Å²) in [5.41, 5.74) is 4.36. The molecule has 0 saturated heterocycles. The molecule has 1 N–H and O–H groups in total. The fourth-order valence-electron chi connectivity index (χ4n) is 3.52. The molecular weight excluding hydrogens is 366 g/mol. The molecule has 0 radical (unpaired) electrons. The van der Waals surface area contributed by atoms with Crippen molar-refractivity contribution in [3.8, 4) is 5.75 Å². The quantitative estimate of drug-likeness (QED) is 0.513. The fraction of sp³-hybridized carbons (Fsp3) is 0.167. The Morgan fingerprint density at radius 2 is 1.76 bits per heavy atom. The zero-order valence-electron chi connectivity index (χ0n) is 16.5. The van der Waals surface area contributed by atoms with Gasteiger partial charge in [-0.3, -0.25) is 9.59 Å². The van der Waals surface area contributed by atoms with Crippen molar-refractivity contribution >= 4 is 33.5 Å². The van der Waals surface area contributed by atoms with Gasteiger partial charge in [-0.25, -0.2) is 0 Å². The molecule has 0 saturated carbocycles. The molecule has 0 fully saturated rings. The maximum atomic E-state index is 12.9. The van der Waals surface area contributed by atoms with Crippen molar-refractivity contribution in [2.45, 2.75) is 20.3 Å². The number of fused-ring (bicyclic) bond motifs is 2. The number of carbonyl (C=O) groups excluding carboxylic acids is 1. The van der Waals surface area contributed by atoms with E-state index in [-0.39, 0.29) is 17.8 Å². The molecule has 5 nitrogen and oxygen atoms in total. The van der Waals surface area contributed by atoms with Crippen LogP contribution in [0.1, 0.15) is 16.7 Å². The SMILES string of the molecule is COc1ccc(CC(=O)Nc2ccc3c(=O)c4cc(C)cc(C)c4oc3c2)cc1. The van der Waals surface area contributed by atoms with E-state index >= 15 is 0 Å². The van der Waals surface area contributed by atoms with E-state index in [4.69, 9.17) is 9.15 Å². The first-order valence-electron chi connectivity index (χ1n) is 9.35. The van der Waals surface area contributed by atoms with E-state index in [1.165, 1.54) is 0 Å². The number of benzene rings is 3. The van der Waals surface area contributed by atoms with Gasteiger partial charge in [0.15, 0.2) is 0 Å². The summed E-state index contributed by atoms with van der Waals surface area (Å²) >= 11 is 0. The zero-order chi connectivity index (χ0) is 20.5. The molecule has 5 heteroatoms. The molecule has 4 rings (SSSR count). The molecule has 0 spiro atoms. The molecule has 1 heterocycles. The van der Waals surface area contributed by atoms with Gasteiger partial charge in [0.25, 0.3) is 0 Å². The molecule has 146 valence electrons. The number of nitrogens with one attached hydrogen (secondary N) is 1. The Balaban J connectivity index is 1.63. The Labute approximate surface area is 167 Å². The first-order valence-corrected chi connectivity index (χ1v) is 9.35. The highest BCUT2D eigenvalue weighted by Gasteiger charge is 2.12. The second-order valence-electron chi connectivity index (χ2n) is 7.17. The standard InChI is InChI=1S/C24H21NO4/c1-14-10-15(2)24-20(11-14)23(27)19-9-6-17(13-21(19)29-24)25-22(26)12-16-4-7-18(28-3)8-5-16/h4-11,13H,12H2,1-3H3,(H,25,26). The average Bonchev–Trinajstić information content (AvgIpc) is 2.69. The Hall–Kier alpha value is -3.60. The predicted octanol–water partition coefficient (Wildman–Crippen LogP) is 4.75. The van der Waals surface area contributed by atoms with Crippen LogP contribution in [-0.2, 0) is 11.2 Å². The van der Waals surface area contributed by atoms with Crippen LogP contribution in [-0.4, -0.2) is 13.0 Å². The number of carbonyl (C=O) groups is 1. The number of aryl methyl sites for hydroxylation is 2. The summed E-state index contributed by atoms with van der Waals surface area (Å²) in [4.78, 5) is 25.3. The largest absolute Gasteiger partial charge is 0.497 e.